The Labute approximate surface area is 200 Å². The number of pyridine rings is 1. The highest BCUT2D eigenvalue weighted by Crippen LogP contribution is 2.25. The molecule has 1 N–H and O–H groups in total. The van der Waals surface area contributed by atoms with Crippen molar-refractivity contribution < 1.29 is 19.1 Å². The van der Waals surface area contributed by atoms with Crippen LogP contribution in [0.15, 0.2) is 54.9 Å². The van der Waals surface area contributed by atoms with Gasteiger partial charge in [-0.15, -0.1) is 0 Å². The molecule has 1 saturated heterocycles. The third-order valence-electron chi connectivity index (χ3n) is 5.80. The molecule has 0 spiro atoms. The van der Waals surface area contributed by atoms with Gasteiger partial charge in [-0.05, 0) is 62.4 Å². The van der Waals surface area contributed by atoms with Gasteiger partial charge in [0.25, 0.3) is 0 Å². The summed E-state index contributed by atoms with van der Waals surface area (Å²) in [5.74, 6) is 4.97. The van der Waals surface area contributed by atoms with E-state index in [0.29, 0.717) is 13.0 Å². The zero-order valence-electron chi connectivity index (χ0n) is 19.7. The van der Waals surface area contributed by atoms with Gasteiger partial charge in [0.05, 0.1) is 6.61 Å². The van der Waals surface area contributed by atoms with Crippen molar-refractivity contribution in [2.45, 2.75) is 51.6 Å². The molecule has 1 aliphatic rings. The van der Waals surface area contributed by atoms with Gasteiger partial charge in [0, 0.05) is 37.3 Å². The van der Waals surface area contributed by atoms with Crippen molar-refractivity contribution in [1.82, 2.24) is 15.2 Å². The number of rotatable bonds is 8. The Morgan fingerprint density at radius 2 is 1.94 bits per heavy atom. The minimum Gasteiger partial charge on any atom is -0.464 e. The van der Waals surface area contributed by atoms with Crippen molar-refractivity contribution in [1.29, 1.82) is 0 Å². The Hall–Kier alpha value is -3.66. The van der Waals surface area contributed by atoms with Gasteiger partial charge in [0.2, 0.25) is 11.8 Å². The van der Waals surface area contributed by atoms with Crippen LogP contribution in [0.4, 0.5) is 0 Å². The van der Waals surface area contributed by atoms with Crippen LogP contribution >= 0.6 is 0 Å². The largest absolute Gasteiger partial charge is 0.464 e. The molecule has 1 aromatic carbocycles. The van der Waals surface area contributed by atoms with Crippen LogP contribution in [0.2, 0.25) is 0 Å². The molecule has 0 radical (unpaired) electrons. The maximum absolute atomic E-state index is 13.6. The molecule has 1 aliphatic heterocycles. The first-order valence-corrected chi connectivity index (χ1v) is 11.7. The molecular formula is C27H31N3O4. The standard InChI is InChI=1S/C27H31N3O4/c1-3-34-27(33)25(29-20(2)31)24(14-12-21-8-5-4-6-9-21)30-19-7-10-23(26(30)32)13-11-22-15-17-28-18-16-22/h4-6,8-9,15-18,23-25H,3,7,10-11,13,19H2,1-2H3,(H,29,31)/t23-,24-,25+/m0/s1. The van der Waals surface area contributed by atoms with Crippen LogP contribution in [0.1, 0.15) is 44.2 Å². The van der Waals surface area contributed by atoms with Gasteiger partial charge in [-0.25, -0.2) is 4.79 Å². The molecule has 1 fully saturated rings. The third kappa shape index (κ3) is 6.92. The van der Waals surface area contributed by atoms with E-state index in [9.17, 15) is 14.4 Å². The van der Waals surface area contributed by atoms with E-state index >= 15 is 0 Å². The van der Waals surface area contributed by atoms with E-state index in [-0.39, 0.29) is 24.3 Å². The summed E-state index contributed by atoms with van der Waals surface area (Å²) >= 11 is 0. The Bertz CT molecular complexity index is 1030. The fourth-order valence-corrected chi connectivity index (χ4v) is 4.15. The lowest BCUT2D eigenvalue weighted by atomic mass is 9.89. The molecule has 7 heteroatoms. The maximum atomic E-state index is 13.6. The zero-order chi connectivity index (χ0) is 24.3. The number of carbonyl (C=O) groups excluding carboxylic acids is 3. The molecule has 0 aliphatic carbocycles. The summed E-state index contributed by atoms with van der Waals surface area (Å²) in [6, 6.07) is 11.3. The number of ether oxygens (including phenoxy) is 1. The number of piperidine rings is 1. The second kappa shape index (κ2) is 12.5. The lowest BCUT2D eigenvalue weighted by Gasteiger charge is -2.38. The smallest absolute Gasteiger partial charge is 0.331 e. The van der Waals surface area contributed by atoms with Crippen molar-refractivity contribution >= 4 is 17.8 Å². The molecule has 3 rings (SSSR count). The van der Waals surface area contributed by atoms with Crippen LogP contribution < -0.4 is 5.32 Å². The van der Waals surface area contributed by atoms with Crippen LogP contribution in [0, 0.1) is 17.8 Å². The second-order valence-corrected chi connectivity index (χ2v) is 8.28. The summed E-state index contributed by atoms with van der Waals surface area (Å²) in [5.41, 5.74) is 1.89. The van der Waals surface area contributed by atoms with E-state index in [0.717, 1.165) is 30.4 Å². The molecule has 7 nitrogen and oxygen atoms in total. The van der Waals surface area contributed by atoms with Gasteiger partial charge in [-0.2, -0.15) is 0 Å². The van der Waals surface area contributed by atoms with E-state index < -0.39 is 18.1 Å². The summed E-state index contributed by atoms with van der Waals surface area (Å²) in [6.45, 7) is 3.67. The van der Waals surface area contributed by atoms with Gasteiger partial charge < -0.3 is 15.0 Å². The molecule has 34 heavy (non-hydrogen) atoms. The molecule has 3 atom stereocenters. The highest BCUT2D eigenvalue weighted by atomic mass is 16.5. The van der Waals surface area contributed by atoms with Crippen LogP contribution in [0.5, 0.6) is 0 Å². The Kier molecular flexibility index (Phi) is 9.21. The Morgan fingerprint density at radius 1 is 1.21 bits per heavy atom. The fraction of sp³-hybridized carbons (Fsp3) is 0.407. The summed E-state index contributed by atoms with van der Waals surface area (Å²) in [5, 5.41) is 2.67. The number of benzene rings is 1. The minimum atomic E-state index is -1.07. The highest BCUT2D eigenvalue weighted by molar-refractivity contribution is 5.87. The summed E-state index contributed by atoms with van der Waals surface area (Å²) in [6.07, 6.45) is 6.53. The predicted octanol–water partition coefficient (Wildman–Crippen LogP) is 2.74. The van der Waals surface area contributed by atoms with Crippen LogP contribution in [0.3, 0.4) is 0 Å². The zero-order valence-corrected chi connectivity index (χ0v) is 19.7. The van der Waals surface area contributed by atoms with Gasteiger partial charge in [0.1, 0.15) is 6.04 Å². The van der Waals surface area contributed by atoms with Crippen molar-refractivity contribution in [3.8, 4) is 11.8 Å². The molecule has 0 bridgehead atoms. The number of aryl methyl sites for hydroxylation is 1. The third-order valence-corrected chi connectivity index (χ3v) is 5.80. The van der Waals surface area contributed by atoms with E-state index in [1.807, 2.05) is 42.5 Å². The number of hydrogen-bond donors (Lipinski definition) is 1. The number of nitrogens with zero attached hydrogens (tertiary/aromatic N) is 2. The molecule has 1 aromatic heterocycles. The van der Waals surface area contributed by atoms with Crippen LogP contribution in [0.25, 0.3) is 0 Å². The molecule has 178 valence electrons. The van der Waals surface area contributed by atoms with E-state index in [1.165, 1.54) is 6.92 Å². The monoisotopic (exact) mass is 461 g/mol. The van der Waals surface area contributed by atoms with E-state index in [2.05, 4.69) is 22.1 Å². The van der Waals surface area contributed by atoms with E-state index in [1.54, 1.807) is 24.2 Å². The van der Waals surface area contributed by atoms with Crippen LogP contribution in [-0.4, -0.2) is 52.9 Å². The quantitative estimate of drug-likeness (QED) is 0.482. The number of aromatic nitrogens is 1. The molecule has 2 heterocycles. The molecule has 2 amide bonds. The topological polar surface area (TPSA) is 88.6 Å². The molecule has 0 unspecified atom stereocenters. The number of amides is 2. The van der Waals surface area contributed by atoms with Crippen molar-refractivity contribution in [3.63, 3.8) is 0 Å². The first-order valence-electron chi connectivity index (χ1n) is 11.7. The molecule has 0 saturated carbocycles. The summed E-state index contributed by atoms with van der Waals surface area (Å²) in [4.78, 5) is 44.0. The number of carbonyl (C=O) groups is 3. The molecule has 2 aromatic rings. The molecular weight excluding hydrogens is 430 g/mol. The van der Waals surface area contributed by atoms with Crippen molar-refractivity contribution in [2.24, 2.45) is 5.92 Å². The predicted molar refractivity (Wildman–Crippen MR) is 128 cm³/mol. The SMILES string of the molecule is CCOC(=O)[C@H](NC(C)=O)[C@H](C#Cc1ccccc1)N1CCC[C@@H](CCc2ccncc2)C1=O. The number of likely N-dealkylation sites (tertiary alicyclic amines) is 1. The first kappa shape index (κ1) is 25.0. The first-order chi connectivity index (χ1) is 16.5. The van der Waals surface area contributed by atoms with E-state index in [4.69, 9.17) is 4.74 Å². The highest BCUT2D eigenvalue weighted by Gasteiger charge is 2.39. The average Bonchev–Trinajstić information content (AvgIpc) is 2.84. The average molecular weight is 462 g/mol. The van der Waals surface area contributed by atoms with Gasteiger partial charge in [-0.3, -0.25) is 14.6 Å². The lowest BCUT2D eigenvalue weighted by molar-refractivity contribution is -0.151. The Balaban J connectivity index is 1.88. The van der Waals surface area contributed by atoms with Crippen LogP contribution in [-0.2, 0) is 25.5 Å². The number of nitrogens with one attached hydrogen (secondary N) is 1. The summed E-state index contributed by atoms with van der Waals surface area (Å²) in [7, 11) is 0. The number of esters is 1. The minimum absolute atomic E-state index is 0.0488. The summed E-state index contributed by atoms with van der Waals surface area (Å²) < 4.78 is 5.23. The van der Waals surface area contributed by atoms with Gasteiger partial charge >= 0.3 is 5.97 Å². The Morgan fingerprint density at radius 3 is 2.62 bits per heavy atom. The number of hydrogen-bond acceptors (Lipinski definition) is 5. The van der Waals surface area contributed by atoms with Gasteiger partial charge in [0.15, 0.2) is 6.04 Å². The van der Waals surface area contributed by atoms with Gasteiger partial charge in [-0.1, -0.05) is 30.0 Å². The maximum Gasteiger partial charge on any atom is 0.331 e. The van der Waals surface area contributed by atoms with Crippen molar-refractivity contribution in [2.75, 3.05) is 13.2 Å². The second-order valence-electron chi connectivity index (χ2n) is 8.28. The lowest BCUT2D eigenvalue weighted by Crippen LogP contribution is -2.59. The van der Waals surface area contributed by atoms with Crippen molar-refractivity contribution in [3.05, 3.63) is 66.0 Å². The normalized spacial score (nSPS) is 17.2. The fourth-order valence-electron chi connectivity index (χ4n) is 4.15.